The van der Waals surface area contributed by atoms with Crippen LogP contribution in [0, 0.1) is 5.82 Å². The van der Waals surface area contributed by atoms with E-state index >= 15 is 0 Å². The molecule has 144 valence electrons. The van der Waals surface area contributed by atoms with E-state index in [0.29, 0.717) is 23.9 Å². The summed E-state index contributed by atoms with van der Waals surface area (Å²) in [7, 11) is 2.96. The lowest BCUT2D eigenvalue weighted by Crippen LogP contribution is -2.16. The number of halogens is 1. The first-order valence-electron chi connectivity index (χ1n) is 8.45. The molecule has 0 unspecified atom stereocenters. The van der Waals surface area contributed by atoms with Crippen molar-refractivity contribution in [2.45, 2.75) is 6.54 Å². The second-order valence-corrected chi connectivity index (χ2v) is 5.78. The number of carbonyl (C=O) groups excluding carboxylic acids is 1. The SMILES string of the molecule is COc1cccc(OC)c1C(=O)Nc1ccc(NCc2ccc(F)cc2)nn1. The average Bonchev–Trinajstić information content (AvgIpc) is 2.73. The zero-order valence-electron chi connectivity index (χ0n) is 15.4. The summed E-state index contributed by atoms with van der Waals surface area (Å²) >= 11 is 0. The molecule has 0 aliphatic rings. The Labute approximate surface area is 161 Å². The predicted octanol–water partition coefficient (Wildman–Crippen LogP) is 3.50. The van der Waals surface area contributed by atoms with Crippen LogP contribution in [0.2, 0.25) is 0 Å². The number of ether oxygens (including phenoxy) is 2. The van der Waals surface area contributed by atoms with E-state index in [9.17, 15) is 9.18 Å². The lowest BCUT2D eigenvalue weighted by molar-refractivity contribution is 0.102. The molecule has 0 bridgehead atoms. The number of aromatic nitrogens is 2. The molecule has 0 saturated heterocycles. The van der Waals surface area contributed by atoms with Gasteiger partial charge in [-0.3, -0.25) is 4.79 Å². The van der Waals surface area contributed by atoms with Crippen molar-refractivity contribution in [1.82, 2.24) is 10.2 Å². The number of anilines is 2. The fraction of sp³-hybridized carbons (Fsp3) is 0.150. The van der Waals surface area contributed by atoms with Gasteiger partial charge in [0.25, 0.3) is 5.91 Å². The van der Waals surface area contributed by atoms with Crippen molar-refractivity contribution in [3.63, 3.8) is 0 Å². The van der Waals surface area contributed by atoms with Crippen molar-refractivity contribution >= 4 is 17.5 Å². The minimum absolute atomic E-state index is 0.271. The van der Waals surface area contributed by atoms with Gasteiger partial charge >= 0.3 is 0 Å². The van der Waals surface area contributed by atoms with Gasteiger partial charge in [0.2, 0.25) is 0 Å². The zero-order chi connectivity index (χ0) is 19.9. The van der Waals surface area contributed by atoms with Crippen LogP contribution in [0.3, 0.4) is 0 Å². The van der Waals surface area contributed by atoms with E-state index in [4.69, 9.17) is 9.47 Å². The van der Waals surface area contributed by atoms with Gasteiger partial charge in [-0.2, -0.15) is 0 Å². The third-order valence-electron chi connectivity index (χ3n) is 3.95. The van der Waals surface area contributed by atoms with Crippen molar-refractivity contribution < 1.29 is 18.7 Å². The van der Waals surface area contributed by atoms with E-state index in [0.717, 1.165) is 5.56 Å². The highest BCUT2D eigenvalue weighted by atomic mass is 19.1. The van der Waals surface area contributed by atoms with Crippen molar-refractivity contribution in [2.24, 2.45) is 0 Å². The smallest absolute Gasteiger partial charge is 0.264 e. The molecule has 0 fully saturated rings. The summed E-state index contributed by atoms with van der Waals surface area (Å²) in [6, 6.07) is 14.6. The van der Waals surface area contributed by atoms with Crippen LogP contribution in [-0.2, 0) is 6.54 Å². The molecule has 0 saturated carbocycles. The lowest BCUT2D eigenvalue weighted by atomic mass is 10.1. The number of methoxy groups -OCH3 is 2. The summed E-state index contributed by atoms with van der Waals surface area (Å²) in [5.74, 6) is 0.887. The van der Waals surface area contributed by atoms with Gasteiger partial charge < -0.3 is 20.1 Å². The highest BCUT2D eigenvalue weighted by Gasteiger charge is 2.18. The molecule has 0 radical (unpaired) electrons. The molecule has 0 aliphatic carbocycles. The van der Waals surface area contributed by atoms with Crippen LogP contribution in [0.25, 0.3) is 0 Å². The molecule has 28 heavy (non-hydrogen) atoms. The molecule has 1 amide bonds. The number of carbonyl (C=O) groups is 1. The Morgan fingerprint density at radius 3 is 2.11 bits per heavy atom. The molecule has 3 aromatic rings. The normalized spacial score (nSPS) is 10.2. The van der Waals surface area contributed by atoms with Crippen molar-refractivity contribution in [3.05, 3.63) is 71.5 Å². The maximum Gasteiger partial charge on any atom is 0.264 e. The second kappa shape index (κ2) is 8.81. The summed E-state index contributed by atoms with van der Waals surface area (Å²) in [4.78, 5) is 12.6. The Morgan fingerprint density at radius 2 is 1.54 bits per heavy atom. The third-order valence-corrected chi connectivity index (χ3v) is 3.95. The molecule has 1 heterocycles. The van der Waals surface area contributed by atoms with Crippen molar-refractivity contribution in [3.8, 4) is 11.5 Å². The maximum absolute atomic E-state index is 12.9. The van der Waals surface area contributed by atoms with E-state index < -0.39 is 5.91 Å². The van der Waals surface area contributed by atoms with E-state index in [1.54, 1.807) is 42.5 Å². The molecule has 3 rings (SSSR count). The molecular weight excluding hydrogens is 363 g/mol. The fourth-order valence-electron chi connectivity index (χ4n) is 2.54. The number of amides is 1. The molecule has 0 aliphatic heterocycles. The lowest BCUT2D eigenvalue weighted by Gasteiger charge is -2.12. The van der Waals surface area contributed by atoms with Crippen molar-refractivity contribution in [1.29, 1.82) is 0 Å². The highest BCUT2D eigenvalue weighted by molar-refractivity contribution is 6.07. The summed E-state index contributed by atoms with van der Waals surface area (Å²) in [5, 5.41) is 13.8. The first-order valence-corrected chi connectivity index (χ1v) is 8.45. The summed E-state index contributed by atoms with van der Waals surface area (Å²) in [5.41, 5.74) is 1.18. The molecule has 7 nitrogen and oxygen atoms in total. The average molecular weight is 382 g/mol. The minimum atomic E-state index is -0.421. The highest BCUT2D eigenvalue weighted by Crippen LogP contribution is 2.28. The topological polar surface area (TPSA) is 85.4 Å². The van der Waals surface area contributed by atoms with Gasteiger partial charge in [0.15, 0.2) is 5.82 Å². The van der Waals surface area contributed by atoms with Crippen LogP contribution in [-0.4, -0.2) is 30.3 Å². The van der Waals surface area contributed by atoms with E-state index in [1.165, 1.54) is 26.4 Å². The van der Waals surface area contributed by atoms with Gasteiger partial charge in [0.05, 0.1) is 14.2 Å². The molecule has 2 aromatic carbocycles. The maximum atomic E-state index is 12.9. The molecule has 2 N–H and O–H groups in total. The number of rotatable bonds is 7. The van der Waals surface area contributed by atoms with Gasteiger partial charge in [-0.15, -0.1) is 10.2 Å². The zero-order valence-corrected chi connectivity index (χ0v) is 15.4. The van der Waals surface area contributed by atoms with Gasteiger partial charge in [0.1, 0.15) is 28.7 Å². The van der Waals surface area contributed by atoms with Crippen LogP contribution in [0.4, 0.5) is 16.0 Å². The Kier molecular flexibility index (Phi) is 6.01. The Bertz CT molecular complexity index is 924. The van der Waals surface area contributed by atoms with Crippen LogP contribution in [0.15, 0.2) is 54.6 Å². The van der Waals surface area contributed by atoms with Crippen LogP contribution >= 0.6 is 0 Å². The number of benzene rings is 2. The number of nitrogens with zero attached hydrogens (tertiary/aromatic N) is 2. The second-order valence-electron chi connectivity index (χ2n) is 5.78. The Morgan fingerprint density at radius 1 is 0.929 bits per heavy atom. The van der Waals surface area contributed by atoms with Crippen LogP contribution in [0.5, 0.6) is 11.5 Å². The van der Waals surface area contributed by atoms with Gasteiger partial charge in [0, 0.05) is 6.54 Å². The van der Waals surface area contributed by atoms with Gasteiger partial charge in [-0.25, -0.2) is 4.39 Å². The number of nitrogens with one attached hydrogen (secondary N) is 2. The first kappa shape index (κ1) is 19.1. The number of hydrogen-bond acceptors (Lipinski definition) is 6. The fourth-order valence-corrected chi connectivity index (χ4v) is 2.54. The Hall–Kier alpha value is -3.68. The molecule has 8 heteroatoms. The summed E-state index contributed by atoms with van der Waals surface area (Å²) in [6.45, 7) is 0.471. The number of hydrogen-bond donors (Lipinski definition) is 2. The minimum Gasteiger partial charge on any atom is -0.496 e. The standard InChI is InChI=1S/C20H19FN4O3/c1-27-15-4-3-5-16(28-2)19(15)20(26)23-18-11-10-17(24-25-18)22-12-13-6-8-14(21)9-7-13/h3-11H,12H2,1-2H3,(H,22,24)(H,23,25,26). The molecule has 0 atom stereocenters. The van der Waals surface area contributed by atoms with E-state index in [1.807, 2.05) is 0 Å². The largest absolute Gasteiger partial charge is 0.496 e. The van der Waals surface area contributed by atoms with Crippen LogP contribution < -0.4 is 20.1 Å². The molecular formula is C20H19FN4O3. The molecule has 1 aromatic heterocycles. The Balaban J connectivity index is 1.66. The third kappa shape index (κ3) is 4.53. The van der Waals surface area contributed by atoms with E-state index in [2.05, 4.69) is 20.8 Å². The van der Waals surface area contributed by atoms with Crippen LogP contribution in [0.1, 0.15) is 15.9 Å². The van der Waals surface area contributed by atoms with Gasteiger partial charge in [-0.1, -0.05) is 18.2 Å². The molecule has 0 spiro atoms. The predicted molar refractivity (Wildman–Crippen MR) is 103 cm³/mol. The monoisotopic (exact) mass is 382 g/mol. The first-order chi connectivity index (χ1) is 13.6. The summed E-state index contributed by atoms with van der Waals surface area (Å²) in [6.07, 6.45) is 0. The van der Waals surface area contributed by atoms with E-state index in [-0.39, 0.29) is 17.2 Å². The quantitative estimate of drug-likeness (QED) is 0.651. The van der Waals surface area contributed by atoms with Gasteiger partial charge in [-0.05, 0) is 42.0 Å². The van der Waals surface area contributed by atoms with Crippen molar-refractivity contribution in [2.75, 3.05) is 24.9 Å². The summed E-state index contributed by atoms with van der Waals surface area (Å²) < 4.78 is 23.4.